The molecule has 0 heterocycles. The molecule has 0 atom stereocenters. The monoisotopic (exact) mass is 243 g/mol. The number of fused-ring (bicyclic) bond motifs is 2. The van der Waals surface area contributed by atoms with Gasteiger partial charge in [0.05, 0.1) is 7.17 Å². The van der Waals surface area contributed by atoms with Crippen molar-refractivity contribution in [3.8, 4) is 0 Å². The van der Waals surface area contributed by atoms with Crippen LogP contribution < -0.4 is 5.46 Å². The third kappa shape index (κ3) is 1.75. The number of rotatable bonds is 1. The molecule has 0 aliphatic heterocycles. The lowest BCUT2D eigenvalue weighted by Gasteiger charge is -2.18. The lowest BCUT2D eigenvalue weighted by atomic mass is 9.51. The lowest BCUT2D eigenvalue weighted by Crippen LogP contribution is -2.25. The summed E-state index contributed by atoms with van der Waals surface area (Å²) in [4.78, 5) is 24.8. The zero-order chi connectivity index (χ0) is 13.6. The molecule has 3 radical (unpaired) electrons. The minimum absolute atomic E-state index is 0.104. The average molecular weight is 243 g/mol. The first-order valence-electron chi connectivity index (χ1n) is 6.01. The lowest BCUT2D eigenvalue weighted by molar-refractivity contribution is 0.0979. The summed E-state index contributed by atoms with van der Waals surface area (Å²) in [7, 11) is 6.88. The van der Waals surface area contributed by atoms with Gasteiger partial charge >= 0.3 is 0 Å². The van der Waals surface area contributed by atoms with E-state index in [-0.39, 0.29) is 11.6 Å². The number of carbonyl (C=O) groups is 2. The summed E-state index contributed by atoms with van der Waals surface area (Å²) in [6.45, 7) is 1.90. The summed E-state index contributed by atoms with van der Waals surface area (Å²) in [6.07, 6.45) is 0. The van der Waals surface area contributed by atoms with Crippen molar-refractivity contribution >= 4 is 31.9 Å². The molecular formula is C15H9B2O2. The van der Waals surface area contributed by atoms with Crippen molar-refractivity contribution in [1.82, 2.24) is 0 Å². The van der Waals surface area contributed by atoms with Crippen LogP contribution in [0.25, 0.3) is 0 Å². The molecule has 0 saturated carbocycles. The van der Waals surface area contributed by atoms with Crippen molar-refractivity contribution in [3.63, 3.8) is 0 Å². The van der Waals surface area contributed by atoms with Gasteiger partial charge in [0, 0.05) is 30.0 Å². The van der Waals surface area contributed by atoms with E-state index in [4.69, 9.17) is 7.74 Å². The minimum atomic E-state index is -0.114. The molecule has 87 valence electrons. The second-order valence-corrected chi connectivity index (χ2v) is 4.68. The van der Waals surface area contributed by atoms with Gasteiger partial charge in [-0.3, -0.25) is 9.59 Å². The van der Waals surface area contributed by atoms with Crippen LogP contribution in [0.4, 0.5) is 0 Å². The standard InChI is InChI=1S/C15H9B2O2/c1-8-2-4-10-12(6-8)15(19)13-7-9(17-16)3-5-11(13)14(10)18/h2-7H,1H3. The highest BCUT2D eigenvalue weighted by Crippen LogP contribution is 2.27. The molecule has 1 aliphatic carbocycles. The van der Waals surface area contributed by atoms with Gasteiger partial charge in [-0.1, -0.05) is 41.4 Å². The van der Waals surface area contributed by atoms with Crippen molar-refractivity contribution in [1.29, 1.82) is 0 Å². The summed E-state index contributed by atoms with van der Waals surface area (Å²) in [5.41, 5.74) is 3.54. The smallest absolute Gasteiger partial charge is 0.194 e. The van der Waals surface area contributed by atoms with E-state index >= 15 is 0 Å². The van der Waals surface area contributed by atoms with Gasteiger partial charge in [-0.05, 0) is 13.0 Å². The Morgan fingerprint density at radius 2 is 1.42 bits per heavy atom. The van der Waals surface area contributed by atoms with Gasteiger partial charge in [0.25, 0.3) is 0 Å². The van der Waals surface area contributed by atoms with Crippen LogP contribution in [0.15, 0.2) is 36.4 Å². The zero-order valence-corrected chi connectivity index (χ0v) is 10.4. The Kier molecular flexibility index (Phi) is 2.67. The molecule has 2 nitrogen and oxygen atoms in total. The number of carbonyl (C=O) groups excluding carboxylic acids is 2. The maximum atomic E-state index is 12.5. The van der Waals surface area contributed by atoms with Crippen molar-refractivity contribution in [2.75, 3.05) is 0 Å². The maximum Gasteiger partial charge on any atom is 0.194 e. The van der Waals surface area contributed by atoms with E-state index in [1.807, 2.05) is 13.0 Å². The van der Waals surface area contributed by atoms with Gasteiger partial charge in [0.2, 0.25) is 0 Å². The van der Waals surface area contributed by atoms with E-state index in [1.54, 1.807) is 30.3 Å². The topological polar surface area (TPSA) is 34.1 Å². The molecule has 3 rings (SSSR count). The molecule has 19 heavy (non-hydrogen) atoms. The van der Waals surface area contributed by atoms with Gasteiger partial charge in [-0.2, -0.15) is 0 Å². The van der Waals surface area contributed by atoms with E-state index in [0.717, 1.165) is 11.0 Å². The van der Waals surface area contributed by atoms with Gasteiger partial charge in [0.1, 0.15) is 0 Å². The molecule has 0 fully saturated rings. The molecule has 1 aliphatic rings. The second kappa shape index (κ2) is 4.23. The highest BCUT2D eigenvalue weighted by molar-refractivity contribution is 6.97. The molecular weight excluding hydrogens is 234 g/mol. The molecule has 0 spiro atoms. The SMILES string of the molecule is [B][B]c1ccc2c(c1)C(=O)c1cc(C)ccc1C2=O. The Hall–Kier alpha value is -2.09. The van der Waals surface area contributed by atoms with Crippen LogP contribution in [-0.4, -0.2) is 26.5 Å². The summed E-state index contributed by atoms with van der Waals surface area (Å²) in [5, 5.41) is 0. The molecule has 0 amide bonds. The van der Waals surface area contributed by atoms with E-state index in [2.05, 4.69) is 0 Å². The third-order valence-corrected chi connectivity index (χ3v) is 3.39. The summed E-state index contributed by atoms with van der Waals surface area (Å²) >= 11 is 0. The minimum Gasteiger partial charge on any atom is -0.289 e. The largest absolute Gasteiger partial charge is 0.289 e. The molecule has 0 saturated heterocycles. The van der Waals surface area contributed by atoms with Crippen molar-refractivity contribution in [2.24, 2.45) is 0 Å². The summed E-state index contributed by atoms with van der Waals surface area (Å²) < 4.78 is 0. The zero-order valence-electron chi connectivity index (χ0n) is 10.4. The molecule has 0 N–H and O–H groups in total. The number of ketones is 2. The first-order valence-corrected chi connectivity index (χ1v) is 6.01. The van der Waals surface area contributed by atoms with Gasteiger partial charge < -0.3 is 0 Å². The van der Waals surface area contributed by atoms with Crippen molar-refractivity contribution in [2.45, 2.75) is 6.92 Å². The normalized spacial score (nSPS) is 12.9. The second-order valence-electron chi connectivity index (χ2n) is 4.68. The quantitative estimate of drug-likeness (QED) is 0.601. The van der Waals surface area contributed by atoms with Crippen LogP contribution in [0.2, 0.25) is 0 Å². The molecule has 4 heteroatoms. The van der Waals surface area contributed by atoms with Crippen LogP contribution in [0.3, 0.4) is 0 Å². The Morgan fingerprint density at radius 3 is 2.11 bits per heavy atom. The maximum absolute atomic E-state index is 12.5. The predicted molar refractivity (Wildman–Crippen MR) is 75.6 cm³/mol. The number of benzene rings is 2. The Balaban J connectivity index is 2.26. The van der Waals surface area contributed by atoms with Crippen molar-refractivity contribution < 1.29 is 9.59 Å². The van der Waals surface area contributed by atoms with E-state index in [1.165, 1.54) is 7.17 Å². The molecule has 0 unspecified atom stereocenters. The molecule has 0 aromatic heterocycles. The molecule has 2 aromatic rings. The Bertz CT molecular complexity index is 720. The highest BCUT2D eigenvalue weighted by Gasteiger charge is 2.29. The van der Waals surface area contributed by atoms with E-state index < -0.39 is 0 Å². The van der Waals surface area contributed by atoms with Gasteiger partial charge in [0.15, 0.2) is 11.6 Å². The van der Waals surface area contributed by atoms with Crippen LogP contribution in [0, 0.1) is 6.92 Å². The summed E-state index contributed by atoms with van der Waals surface area (Å²) in [6, 6.07) is 10.4. The fourth-order valence-corrected chi connectivity index (χ4v) is 2.39. The molecule has 2 aromatic carbocycles. The number of hydrogen-bond acceptors (Lipinski definition) is 2. The van der Waals surface area contributed by atoms with Crippen LogP contribution in [0.5, 0.6) is 0 Å². The van der Waals surface area contributed by atoms with Gasteiger partial charge in [-0.25, -0.2) is 0 Å². The average Bonchev–Trinajstić information content (AvgIpc) is 2.44. The van der Waals surface area contributed by atoms with Crippen molar-refractivity contribution in [3.05, 3.63) is 64.2 Å². The Morgan fingerprint density at radius 1 is 0.842 bits per heavy atom. The van der Waals surface area contributed by atoms with E-state index in [0.29, 0.717) is 22.3 Å². The highest BCUT2D eigenvalue weighted by atomic mass is 16.1. The van der Waals surface area contributed by atoms with Gasteiger partial charge in [-0.15, -0.1) is 0 Å². The first kappa shape index (κ1) is 12.0. The van der Waals surface area contributed by atoms with E-state index in [9.17, 15) is 9.59 Å². The fourth-order valence-electron chi connectivity index (χ4n) is 2.39. The summed E-state index contributed by atoms with van der Waals surface area (Å²) in [5.74, 6) is -0.217. The Labute approximate surface area is 113 Å². The first-order chi connectivity index (χ1) is 9.11. The third-order valence-electron chi connectivity index (χ3n) is 3.39. The number of aryl methyl sites for hydroxylation is 1. The number of hydrogen-bond donors (Lipinski definition) is 0. The van der Waals surface area contributed by atoms with Crippen LogP contribution >= 0.6 is 0 Å². The molecule has 0 bridgehead atoms. The van der Waals surface area contributed by atoms with Crippen LogP contribution in [0.1, 0.15) is 37.4 Å². The predicted octanol–water partition coefficient (Wildman–Crippen LogP) is 1.18. The fraction of sp³-hybridized carbons (Fsp3) is 0.0667. The van der Waals surface area contributed by atoms with Crippen LogP contribution in [-0.2, 0) is 0 Å².